The van der Waals surface area contributed by atoms with E-state index < -0.39 is 5.97 Å². The molecule has 17 heavy (non-hydrogen) atoms. The number of carbonyl (C=O) groups is 2. The number of carboxylic acid groups (broad SMARTS) is 1. The van der Waals surface area contributed by atoms with Gasteiger partial charge in [-0.25, -0.2) is 4.79 Å². The van der Waals surface area contributed by atoms with E-state index in [2.05, 4.69) is 21.2 Å². The summed E-state index contributed by atoms with van der Waals surface area (Å²) in [6, 6.07) is 4.61. The highest BCUT2D eigenvalue weighted by Gasteiger charge is 2.12. The summed E-state index contributed by atoms with van der Waals surface area (Å²) in [7, 11) is 0. The third kappa shape index (κ3) is 4.16. The Morgan fingerprint density at radius 3 is 2.76 bits per heavy atom. The van der Waals surface area contributed by atoms with Crippen molar-refractivity contribution in [2.24, 2.45) is 0 Å². The van der Waals surface area contributed by atoms with Gasteiger partial charge >= 0.3 is 5.97 Å². The highest BCUT2D eigenvalue weighted by Crippen LogP contribution is 2.21. The molecule has 0 aliphatic carbocycles. The van der Waals surface area contributed by atoms with E-state index in [0.29, 0.717) is 11.1 Å². The largest absolute Gasteiger partial charge is 0.478 e. The predicted molar refractivity (Wildman–Crippen MR) is 66.2 cm³/mol. The molecule has 0 unspecified atom stereocenters. The van der Waals surface area contributed by atoms with Crippen molar-refractivity contribution < 1.29 is 19.4 Å². The van der Waals surface area contributed by atoms with E-state index in [0.717, 1.165) is 0 Å². The van der Waals surface area contributed by atoms with Gasteiger partial charge in [-0.1, -0.05) is 15.9 Å². The highest BCUT2D eigenvalue weighted by molar-refractivity contribution is 9.10. The van der Waals surface area contributed by atoms with Crippen LogP contribution in [0.2, 0.25) is 0 Å². The van der Waals surface area contributed by atoms with Gasteiger partial charge in [-0.3, -0.25) is 4.79 Å². The number of carboxylic acids is 1. The maximum atomic E-state index is 11.4. The molecule has 92 valence electrons. The molecule has 1 rings (SSSR count). The number of halogens is 1. The van der Waals surface area contributed by atoms with Gasteiger partial charge in [0, 0.05) is 11.1 Å². The average Bonchev–Trinajstić information content (AvgIpc) is 2.28. The van der Waals surface area contributed by atoms with E-state index in [4.69, 9.17) is 9.84 Å². The number of hydrogen-bond donors (Lipinski definition) is 2. The van der Waals surface area contributed by atoms with Crippen LogP contribution >= 0.6 is 15.9 Å². The lowest BCUT2D eigenvalue weighted by atomic mass is 10.2. The second-order valence-electron chi connectivity index (χ2n) is 3.18. The van der Waals surface area contributed by atoms with Crippen molar-refractivity contribution in [3.8, 4) is 0 Å². The minimum absolute atomic E-state index is 0.0317. The van der Waals surface area contributed by atoms with E-state index >= 15 is 0 Å². The van der Waals surface area contributed by atoms with Crippen LogP contribution in [0.15, 0.2) is 22.7 Å². The SMILES string of the molecule is CCOCC(=O)Nc1ccc(Br)cc1C(=O)O. The lowest BCUT2D eigenvalue weighted by Gasteiger charge is -2.08. The Kier molecular flexibility index (Phi) is 5.11. The number of anilines is 1. The summed E-state index contributed by atoms with van der Waals surface area (Å²) in [6.07, 6.45) is 0. The molecule has 2 N–H and O–H groups in total. The Hall–Kier alpha value is -1.40. The van der Waals surface area contributed by atoms with Crippen LogP contribution in [0, 0.1) is 0 Å². The van der Waals surface area contributed by atoms with Crippen molar-refractivity contribution >= 4 is 33.5 Å². The third-order valence-corrected chi connectivity index (χ3v) is 2.42. The number of rotatable bonds is 5. The summed E-state index contributed by atoms with van der Waals surface area (Å²) >= 11 is 3.17. The summed E-state index contributed by atoms with van der Waals surface area (Å²) < 4.78 is 5.56. The lowest BCUT2D eigenvalue weighted by molar-refractivity contribution is -0.120. The lowest BCUT2D eigenvalue weighted by Crippen LogP contribution is -2.19. The minimum Gasteiger partial charge on any atom is -0.478 e. The van der Waals surface area contributed by atoms with E-state index in [-0.39, 0.29) is 23.8 Å². The number of benzene rings is 1. The second-order valence-corrected chi connectivity index (χ2v) is 4.10. The van der Waals surface area contributed by atoms with Crippen molar-refractivity contribution in [2.75, 3.05) is 18.5 Å². The molecule has 0 saturated heterocycles. The van der Waals surface area contributed by atoms with E-state index in [1.165, 1.54) is 12.1 Å². The predicted octanol–water partition coefficient (Wildman–Crippen LogP) is 2.12. The van der Waals surface area contributed by atoms with Crippen LogP contribution in [-0.2, 0) is 9.53 Å². The van der Waals surface area contributed by atoms with Gasteiger partial charge in [0.25, 0.3) is 0 Å². The smallest absolute Gasteiger partial charge is 0.337 e. The zero-order chi connectivity index (χ0) is 12.8. The molecule has 0 radical (unpaired) electrons. The first-order valence-corrected chi connectivity index (χ1v) is 5.74. The fourth-order valence-corrected chi connectivity index (χ4v) is 1.54. The first-order valence-electron chi connectivity index (χ1n) is 4.95. The first kappa shape index (κ1) is 13.7. The summed E-state index contributed by atoms with van der Waals surface area (Å²) in [5, 5.41) is 11.5. The first-order chi connectivity index (χ1) is 8.04. The Morgan fingerprint density at radius 1 is 1.47 bits per heavy atom. The molecule has 0 aliphatic heterocycles. The fraction of sp³-hybridized carbons (Fsp3) is 0.273. The molecule has 0 saturated carbocycles. The van der Waals surface area contributed by atoms with Gasteiger partial charge in [0.15, 0.2) is 0 Å². The molecule has 6 heteroatoms. The molecule has 0 spiro atoms. The molecule has 0 bridgehead atoms. The van der Waals surface area contributed by atoms with Crippen LogP contribution in [0.3, 0.4) is 0 Å². The van der Waals surface area contributed by atoms with Gasteiger partial charge in [-0.05, 0) is 25.1 Å². The highest BCUT2D eigenvalue weighted by atomic mass is 79.9. The zero-order valence-corrected chi connectivity index (χ0v) is 10.8. The van der Waals surface area contributed by atoms with Crippen molar-refractivity contribution in [1.82, 2.24) is 0 Å². The second kappa shape index (κ2) is 6.36. The van der Waals surface area contributed by atoms with E-state index in [1.54, 1.807) is 13.0 Å². The summed E-state index contributed by atoms with van der Waals surface area (Å²) in [5.74, 6) is -1.48. The third-order valence-electron chi connectivity index (χ3n) is 1.92. The van der Waals surface area contributed by atoms with Gasteiger partial charge in [-0.2, -0.15) is 0 Å². The van der Waals surface area contributed by atoms with Crippen LogP contribution in [0.5, 0.6) is 0 Å². The molecule has 5 nitrogen and oxygen atoms in total. The Labute approximate surface area is 107 Å². The fourth-order valence-electron chi connectivity index (χ4n) is 1.18. The van der Waals surface area contributed by atoms with Crippen molar-refractivity contribution in [3.05, 3.63) is 28.2 Å². The van der Waals surface area contributed by atoms with Crippen LogP contribution in [-0.4, -0.2) is 30.2 Å². The topological polar surface area (TPSA) is 75.6 Å². The molecule has 0 atom stereocenters. The van der Waals surface area contributed by atoms with Crippen molar-refractivity contribution in [3.63, 3.8) is 0 Å². The number of hydrogen-bond acceptors (Lipinski definition) is 3. The summed E-state index contributed by atoms with van der Waals surface area (Å²) in [5.41, 5.74) is 0.287. The Morgan fingerprint density at radius 2 is 2.18 bits per heavy atom. The van der Waals surface area contributed by atoms with E-state index in [9.17, 15) is 9.59 Å². The van der Waals surface area contributed by atoms with Crippen LogP contribution < -0.4 is 5.32 Å². The molecule has 0 aliphatic rings. The Balaban J connectivity index is 2.83. The van der Waals surface area contributed by atoms with Gasteiger partial charge in [0.05, 0.1) is 11.3 Å². The van der Waals surface area contributed by atoms with Gasteiger partial charge < -0.3 is 15.2 Å². The maximum Gasteiger partial charge on any atom is 0.337 e. The number of aromatic carboxylic acids is 1. The molecule has 1 amide bonds. The standard InChI is InChI=1S/C11H12BrNO4/c1-2-17-6-10(14)13-9-4-3-7(12)5-8(9)11(15)16/h3-5H,2,6H2,1H3,(H,13,14)(H,15,16). The average molecular weight is 302 g/mol. The van der Waals surface area contributed by atoms with Gasteiger partial charge in [0.2, 0.25) is 5.91 Å². The number of carbonyl (C=O) groups excluding carboxylic acids is 1. The monoisotopic (exact) mass is 301 g/mol. The molecule has 1 aromatic rings. The van der Waals surface area contributed by atoms with Crippen molar-refractivity contribution in [2.45, 2.75) is 6.92 Å². The molecule has 0 heterocycles. The van der Waals surface area contributed by atoms with Crippen LogP contribution in [0.1, 0.15) is 17.3 Å². The van der Waals surface area contributed by atoms with Crippen LogP contribution in [0.25, 0.3) is 0 Å². The van der Waals surface area contributed by atoms with Gasteiger partial charge in [-0.15, -0.1) is 0 Å². The normalized spacial score (nSPS) is 10.0. The molecular weight excluding hydrogens is 290 g/mol. The van der Waals surface area contributed by atoms with Crippen molar-refractivity contribution in [1.29, 1.82) is 0 Å². The Bertz CT molecular complexity index is 433. The van der Waals surface area contributed by atoms with E-state index in [1.807, 2.05) is 0 Å². The number of nitrogens with one attached hydrogen (secondary N) is 1. The summed E-state index contributed by atoms with van der Waals surface area (Å²) in [6.45, 7) is 2.11. The number of amides is 1. The molecule has 0 fully saturated rings. The molecule has 1 aromatic carbocycles. The minimum atomic E-state index is -1.10. The molecule has 0 aromatic heterocycles. The van der Waals surface area contributed by atoms with Crippen LogP contribution in [0.4, 0.5) is 5.69 Å². The maximum absolute atomic E-state index is 11.4. The quantitative estimate of drug-likeness (QED) is 0.873. The summed E-state index contributed by atoms with van der Waals surface area (Å²) in [4.78, 5) is 22.4. The molecular formula is C11H12BrNO4. The van der Waals surface area contributed by atoms with Gasteiger partial charge in [0.1, 0.15) is 6.61 Å². The zero-order valence-electron chi connectivity index (χ0n) is 9.20. The number of ether oxygens (including phenoxy) is 1.